The fourth-order valence-electron chi connectivity index (χ4n) is 2.10. The largest absolute Gasteiger partial charge is 0.481 e. The molecule has 0 bridgehead atoms. The number of Topliss-reactive ketones (excluding diaryl/α,β-unsaturated/α-hetero) is 1. The summed E-state index contributed by atoms with van der Waals surface area (Å²) in [6.45, 7) is 0. The Balaban J connectivity index is 2.28. The number of nitrogens with zero attached hydrogens (tertiary/aromatic N) is 1. The number of halogens is 1. The molecule has 0 amide bonds. The van der Waals surface area contributed by atoms with Crippen molar-refractivity contribution >= 4 is 29.0 Å². The van der Waals surface area contributed by atoms with E-state index in [1.165, 1.54) is 18.2 Å². The summed E-state index contributed by atoms with van der Waals surface area (Å²) >= 11 is 5.78. The van der Waals surface area contributed by atoms with Gasteiger partial charge in [-0.25, -0.2) is 0 Å². The average Bonchev–Trinajstić information content (AvgIpc) is 2.52. The van der Waals surface area contributed by atoms with Crippen molar-refractivity contribution in [3.63, 3.8) is 0 Å². The molecule has 2 aromatic carbocycles. The third kappa shape index (κ3) is 4.14. The van der Waals surface area contributed by atoms with Gasteiger partial charge in [0, 0.05) is 23.1 Å². The molecule has 7 heteroatoms. The number of carboxylic acids is 1. The summed E-state index contributed by atoms with van der Waals surface area (Å²) in [5, 5.41) is 20.0. The van der Waals surface area contributed by atoms with Crippen molar-refractivity contribution in [3.8, 4) is 11.1 Å². The van der Waals surface area contributed by atoms with Gasteiger partial charge in [-0.15, -0.1) is 0 Å². The quantitative estimate of drug-likeness (QED) is 0.490. The second-order valence-electron chi connectivity index (χ2n) is 4.81. The Morgan fingerprint density at radius 3 is 2.30 bits per heavy atom. The number of rotatable bonds is 6. The number of nitro groups is 1. The fourth-order valence-corrected chi connectivity index (χ4v) is 2.27. The molecule has 0 radical (unpaired) electrons. The number of carboxylic acid groups (broad SMARTS) is 1. The monoisotopic (exact) mass is 333 g/mol. The lowest BCUT2D eigenvalue weighted by molar-refractivity contribution is -0.384. The fraction of sp³-hybridized carbons (Fsp3) is 0.125. The summed E-state index contributed by atoms with van der Waals surface area (Å²) in [7, 11) is 0. The molecule has 0 saturated heterocycles. The van der Waals surface area contributed by atoms with E-state index in [9.17, 15) is 19.7 Å². The van der Waals surface area contributed by atoms with Crippen LogP contribution in [0.2, 0.25) is 5.02 Å². The second kappa shape index (κ2) is 7.02. The first-order chi connectivity index (χ1) is 10.9. The molecular weight excluding hydrogens is 322 g/mol. The molecule has 2 rings (SSSR count). The predicted octanol–water partition coefficient (Wildman–Crippen LogP) is 3.96. The number of carbonyl (C=O) groups is 2. The van der Waals surface area contributed by atoms with Crippen molar-refractivity contribution in [2.45, 2.75) is 12.8 Å². The first-order valence-corrected chi connectivity index (χ1v) is 7.05. The van der Waals surface area contributed by atoms with Gasteiger partial charge in [-0.05, 0) is 17.7 Å². The van der Waals surface area contributed by atoms with E-state index >= 15 is 0 Å². The van der Waals surface area contributed by atoms with Crippen LogP contribution in [-0.2, 0) is 4.79 Å². The van der Waals surface area contributed by atoms with Crippen LogP contribution in [0.4, 0.5) is 5.69 Å². The van der Waals surface area contributed by atoms with E-state index in [1.807, 2.05) is 0 Å². The van der Waals surface area contributed by atoms with Gasteiger partial charge in [0.05, 0.1) is 16.9 Å². The number of aliphatic carboxylic acids is 1. The van der Waals surface area contributed by atoms with Crippen molar-refractivity contribution < 1.29 is 19.6 Å². The average molecular weight is 334 g/mol. The van der Waals surface area contributed by atoms with Gasteiger partial charge in [-0.1, -0.05) is 35.9 Å². The molecule has 0 saturated carbocycles. The van der Waals surface area contributed by atoms with Gasteiger partial charge in [0.25, 0.3) is 5.69 Å². The van der Waals surface area contributed by atoms with Gasteiger partial charge in [-0.2, -0.15) is 0 Å². The van der Waals surface area contributed by atoms with Crippen molar-refractivity contribution in [1.82, 2.24) is 0 Å². The van der Waals surface area contributed by atoms with Crippen LogP contribution in [-0.4, -0.2) is 21.8 Å². The van der Waals surface area contributed by atoms with Gasteiger partial charge in [-0.3, -0.25) is 19.7 Å². The Labute approximate surface area is 136 Å². The van der Waals surface area contributed by atoms with Gasteiger partial charge < -0.3 is 5.11 Å². The van der Waals surface area contributed by atoms with Crippen molar-refractivity contribution in [1.29, 1.82) is 0 Å². The van der Waals surface area contributed by atoms with E-state index in [1.54, 1.807) is 24.3 Å². The maximum atomic E-state index is 11.8. The highest BCUT2D eigenvalue weighted by Gasteiger charge is 2.16. The lowest BCUT2D eigenvalue weighted by Crippen LogP contribution is -2.03. The highest BCUT2D eigenvalue weighted by Crippen LogP contribution is 2.32. The maximum Gasteiger partial charge on any atom is 0.303 e. The van der Waals surface area contributed by atoms with Gasteiger partial charge in [0.15, 0.2) is 5.78 Å². The molecular formula is C16H12ClNO5. The Bertz CT molecular complexity index is 771. The standard InChI is InChI=1S/C16H12ClNO5/c17-12-5-6-13(14(9-12)18(22)23)10-1-3-11(4-2-10)15(19)7-8-16(20)21/h1-6,9H,7-8H2,(H,20,21). The highest BCUT2D eigenvalue weighted by molar-refractivity contribution is 6.30. The number of nitro benzene ring substituents is 1. The molecule has 1 N–H and O–H groups in total. The van der Waals surface area contributed by atoms with Gasteiger partial charge in [0.1, 0.15) is 0 Å². The molecule has 0 heterocycles. The molecule has 0 aliphatic rings. The lowest BCUT2D eigenvalue weighted by Gasteiger charge is -2.05. The predicted molar refractivity (Wildman–Crippen MR) is 84.7 cm³/mol. The number of hydrogen-bond acceptors (Lipinski definition) is 4. The van der Waals surface area contributed by atoms with Crippen LogP contribution in [0.3, 0.4) is 0 Å². The molecule has 118 valence electrons. The molecule has 0 aliphatic carbocycles. The minimum atomic E-state index is -1.04. The smallest absolute Gasteiger partial charge is 0.303 e. The van der Waals surface area contributed by atoms with Crippen LogP contribution >= 0.6 is 11.6 Å². The van der Waals surface area contributed by atoms with Crippen molar-refractivity contribution in [2.24, 2.45) is 0 Å². The van der Waals surface area contributed by atoms with Gasteiger partial charge in [0.2, 0.25) is 0 Å². The molecule has 6 nitrogen and oxygen atoms in total. The molecule has 0 fully saturated rings. The molecule has 0 aliphatic heterocycles. The Kier molecular flexibility index (Phi) is 5.08. The zero-order valence-electron chi connectivity index (χ0n) is 11.9. The van der Waals surface area contributed by atoms with Crippen LogP contribution in [0, 0.1) is 10.1 Å². The summed E-state index contributed by atoms with van der Waals surface area (Å²) in [6.07, 6.45) is -0.320. The Hall–Kier alpha value is -2.73. The number of hydrogen-bond donors (Lipinski definition) is 1. The lowest BCUT2D eigenvalue weighted by atomic mass is 10.00. The molecule has 0 aromatic heterocycles. The number of benzene rings is 2. The minimum Gasteiger partial charge on any atom is -0.481 e. The third-order valence-corrected chi connectivity index (χ3v) is 3.48. The second-order valence-corrected chi connectivity index (χ2v) is 5.25. The van der Waals surface area contributed by atoms with Crippen molar-refractivity contribution in [3.05, 3.63) is 63.2 Å². The zero-order valence-corrected chi connectivity index (χ0v) is 12.6. The summed E-state index contributed by atoms with van der Waals surface area (Å²) in [5.41, 5.74) is 1.21. The highest BCUT2D eigenvalue weighted by atomic mass is 35.5. The SMILES string of the molecule is O=C(O)CCC(=O)c1ccc(-c2ccc(Cl)cc2[N+](=O)[O-])cc1. The molecule has 2 aromatic rings. The summed E-state index contributed by atoms with van der Waals surface area (Å²) < 4.78 is 0. The first kappa shape index (κ1) is 16.6. The van der Waals surface area contributed by atoms with E-state index in [0.29, 0.717) is 16.7 Å². The number of carbonyl (C=O) groups excluding carboxylic acids is 1. The third-order valence-electron chi connectivity index (χ3n) is 3.24. The molecule has 23 heavy (non-hydrogen) atoms. The van der Waals surface area contributed by atoms with Crippen LogP contribution < -0.4 is 0 Å². The molecule has 0 unspecified atom stereocenters. The van der Waals surface area contributed by atoms with E-state index in [0.717, 1.165) is 0 Å². The minimum absolute atomic E-state index is 0.0875. The topological polar surface area (TPSA) is 97.5 Å². The summed E-state index contributed by atoms with van der Waals surface area (Å²) in [6, 6.07) is 10.6. The summed E-state index contributed by atoms with van der Waals surface area (Å²) in [4.78, 5) is 32.9. The first-order valence-electron chi connectivity index (χ1n) is 6.68. The van der Waals surface area contributed by atoms with Crippen LogP contribution in [0.1, 0.15) is 23.2 Å². The van der Waals surface area contributed by atoms with Crippen LogP contribution in [0.25, 0.3) is 11.1 Å². The van der Waals surface area contributed by atoms with E-state index in [-0.39, 0.29) is 29.3 Å². The molecule has 0 atom stereocenters. The molecule has 0 spiro atoms. The van der Waals surface area contributed by atoms with Crippen LogP contribution in [0.15, 0.2) is 42.5 Å². The van der Waals surface area contributed by atoms with E-state index < -0.39 is 10.9 Å². The zero-order chi connectivity index (χ0) is 17.0. The normalized spacial score (nSPS) is 10.3. The van der Waals surface area contributed by atoms with E-state index in [4.69, 9.17) is 16.7 Å². The number of ketones is 1. The van der Waals surface area contributed by atoms with Crippen molar-refractivity contribution in [2.75, 3.05) is 0 Å². The Morgan fingerprint density at radius 1 is 1.09 bits per heavy atom. The van der Waals surface area contributed by atoms with E-state index in [2.05, 4.69) is 0 Å². The summed E-state index contributed by atoms with van der Waals surface area (Å²) in [5.74, 6) is -1.32. The maximum absolute atomic E-state index is 11.8. The van der Waals surface area contributed by atoms with Crippen LogP contribution in [0.5, 0.6) is 0 Å². The van der Waals surface area contributed by atoms with Gasteiger partial charge >= 0.3 is 5.97 Å². The Morgan fingerprint density at radius 2 is 1.74 bits per heavy atom.